The Morgan fingerprint density at radius 2 is 2.00 bits per heavy atom. The van der Waals surface area contributed by atoms with Gasteiger partial charge in [-0.25, -0.2) is 9.69 Å². The number of nitrogens with one attached hydrogen (secondary N) is 1. The highest BCUT2D eigenvalue weighted by molar-refractivity contribution is 7.15. The number of hydrogen-bond donors (Lipinski definition) is 1. The van der Waals surface area contributed by atoms with Crippen LogP contribution >= 0.6 is 22.9 Å². The molecule has 1 saturated heterocycles. The van der Waals surface area contributed by atoms with Gasteiger partial charge in [0.1, 0.15) is 21.9 Å². The molecule has 2 atom stereocenters. The molecule has 156 valence electrons. The Balaban J connectivity index is 1.34. The number of nitro groups is 1. The largest absolute Gasteiger partial charge is 0.271 e. The average molecular weight is 457 g/mol. The Labute approximate surface area is 183 Å². The number of aromatic nitrogens is 5. The molecule has 4 aromatic rings. The number of β-lactam (4-membered cyclic amide) rings is 1. The molecule has 0 radical (unpaired) electrons. The van der Waals surface area contributed by atoms with E-state index >= 15 is 0 Å². The number of nitro benzene ring substituents is 1. The lowest BCUT2D eigenvalue weighted by atomic mass is 9.95. The number of fused-ring (bicyclic) bond motifs is 1. The number of rotatable bonds is 6. The predicted molar refractivity (Wildman–Crippen MR) is 112 cm³/mol. The van der Waals surface area contributed by atoms with E-state index in [1.807, 2.05) is 24.3 Å². The van der Waals surface area contributed by atoms with Crippen LogP contribution in [0.3, 0.4) is 0 Å². The Morgan fingerprint density at radius 3 is 2.84 bits per heavy atom. The summed E-state index contributed by atoms with van der Waals surface area (Å²) in [5.74, 6) is -0.350. The first kappa shape index (κ1) is 19.3. The molecule has 5 rings (SSSR count). The Morgan fingerprint density at radius 1 is 1.16 bits per heavy atom. The summed E-state index contributed by atoms with van der Waals surface area (Å²) in [7, 11) is 0. The van der Waals surface area contributed by atoms with Gasteiger partial charge in [0.15, 0.2) is 0 Å². The fourth-order valence-corrected chi connectivity index (χ4v) is 4.43. The molecule has 1 amide bonds. The maximum atomic E-state index is 12.3. The van der Waals surface area contributed by atoms with Crippen LogP contribution in [0.1, 0.15) is 16.6 Å². The third kappa shape index (κ3) is 3.45. The van der Waals surface area contributed by atoms with E-state index in [-0.39, 0.29) is 11.6 Å². The first-order chi connectivity index (χ1) is 15.0. The maximum absolute atomic E-state index is 12.3. The number of amides is 1. The zero-order valence-corrected chi connectivity index (χ0v) is 17.2. The molecule has 0 aliphatic carbocycles. The molecule has 0 spiro atoms. The fraction of sp³-hybridized carbons (Fsp3) is 0.167. The third-order valence-electron chi connectivity index (χ3n) is 4.84. The van der Waals surface area contributed by atoms with Crippen LogP contribution in [0.15, 0.2) is 48.5 Å². The Hall–Kier alpha value is -3.64. The SMILES string of the molecule is O=C1C(Cl)C(c2cccc([N+](=O)[O-])c2)N1Nc1nnc(Cn2nnc3ccccc32)s1. The standard InChI is InChI=1S/C18H13ClN8O3S/c19-15-16(10-4-3-5-11(8-10)27(29)30)26(17(15)28)23-18-22-21-14(31-18)9-25-13-7-2-1-6-12(13)20-24-25/h1-8,15-16H,9H2,(H,22,23). The maximum Gasteiger partial charge on any atom is 0.269 e. The molecule has 31 heavy (non-hydrogen) atoms. The number of carbonyl (C=O) groups excluding carboxylic acids is 1. The molecule has 1 aliphatic heterocycles. The number of halogens is 1. The van der Waals surface area contributed by atoms with Gasteiger partial charge in [-0.3, -0.25) is 20.3 Å². The van der Waals surface area contributed by atoms with Crippen molar-refractivity contribution >= 4 is 50.7 Å². The molecule has 1 aliphatic rings. The van der Waals surface area contributed by atoms with E-state index in [1.54, 1.807) is 16.8 Å². The normalized spacial score (nSPS) is 18.2. The zero-order chi connectivity index (χ0) is 21.5. The Bertz CT molecular complexity index is 1310. The van der Waals surface area contributed by atoms with Gasteiger partial charge in [0.25, 0.3) is 11.6 Å². The van der Waals surface area contributed by atoms with E-state index in [2.05, 4.69) is 25.9 Å². The summed E-state index contributed by atoms with van der Waals surface area (Å²) in [6.07, 6.45) is 0. The summed E-state index contributed by atoms with van der Waals surface area (Å²) in [5.41, 5.74) is 5.07. The molecule has 1 N–H and O–H groups in total. The number of alkyl halides is 1. The predicted octanol–water partition coefficient (Wildman–Crippen LogP) is 2.76. The van der Waals surface area contributed by atoms with Crippen molar-refractivity contribution in [1.29, 1.82) is 0 Å². The lowest BCUT2D eigenvalue weighted by molar-refractivity contribution is -0.385. The van der Waals surface area contributed by atoms with Gasteiger partial charge in [-0.1, -0.05) is 40.8 Å². The van der Waals surface area contributed by atoms with Crippen LogP contribution in [-0.2, 0) is 11.3 Å². The number of hydrogen-bond acceptors (Lipinski definition) is 9. The molecular formula is C18H13ClN8O3S. The lowest BCUT2D eigenvalue weighted by Crippen LogP contribution is -2.58. The minimum absolute atomic E-state index is 0.0704. The number of anilines is 1. The van der Waals surface area contributed by atoms with Gasteiger partial charge in [0.2, 0.25) is 5.13 Å². The molecule has 0 bridgehead atoms. The van der Waals surface area contributed by atoms with Gasteiger partial charge in [-0.05, 0) is 17.7 Å². The van der Waals surface area contributed by atoms with Gasteiger partial charge >= 0.3 is 0 Å². The number of non-ortho nitro benzene ring substituents is 1. The van der Waals surface area contributed by atoms with Gasteiger partial charge in [0.05, 0.1) is 17.0 Å². The first-order valence-electron chi connectivity index (χ1n) is 9.10. The summed E-state index contributed by atoms with van der Waals surface area (Å²) in [5, 5.41) is 29.1. The number of para-hydroxylation sites is 1. The second-order valence-electron chi connectivity index (χ2n) is 6.76. The summed E-state index contributed by atoms with van der Waals surface area (Å²) in [6.45, 7) is 0.375. The molecule has 1 fully saturated rings. The van der Waals surface area contributed by atoms with E-state index in [0.717, 1.165) is 11.0 Å². The quantitative estimate of drug-likeness (QED) is 0.203. The average Bonchev–Trinajstić information content (AvgIpc) is 3.40. The van der Waals surface area contributed by atoms with Gasteiger partial charge < -0.3 is 0 Å². The minimum atomic E-state index is -0.830. The van der Waals surface area contributed by atoms with Crippen LogP contribution in [0.2, 0.25) is 0 Å². The van der Waals surface area contributed by atoms with E-state index in [4.69, 9.17) is 11.6 Å². The highest BCUT2D eigenvalue weighted by Crippen LogP contribution is 2.39. The molecular weight excluding hydrogens is 444 g/mol. The molecule has 2 aromatic carbocycles. The number of hydrazine groups is 1. The van der Waals surface area contributed by atoms with E-state index in [0.29, 0.717) is 22.2 Å². The van der Waals surface area contributed by atoms with Crippen LogP contribution in [-0.4, -0.2) is 46.4 Å². The molecule has 13 heteroatoms. The summed E-state index contributed by atoms with van der Waals surface area (Å²) in [6, 6.07) is 13.1. The van der Waals surface area contributed by atoms with Crippen LogP contribution in [0.25, 0.3) is 11.0 Å². The van der Waals surface area contributed by atoms with Crippen molar-refractivity contribution in [3.63, 3.8) is 0 Å². The minimum Gasteiger partial charge on any atom is -0.271 e. The Kier molecular flexibility index (Phi) is 4.71. The van der Waals surface area contributed by atoms with Crippen molar-refractivity contribution in [2.24, 2.45) is 0 Å². The summed E-state index contributed by atoms with van der Waals surface area (Å²) < 4.78 is 1.72. The van der Waals surface area contributed by atoms with Crippen LogP contribution in [0, 0.1) is 10.1 Å². The molecule has 0 saturated carbocycles. The van der Waals surface area contributed by atoms with Crippen molar-refractivity contribution in [3.05, 3.63) is 69.2 Å². The number of benzene rings is 2. The van der Waals surface area contributed by atoms with Gasteiger partial charge in [0, 0.05) is 12.1 Å². The highest BCUT2D eigenvalue weighted by atomic mass is 35.5. The van der Waals surface area contributed by atoms with Crippen molar-refractivity contribution in [2.75, 3.05) is 5.43 Å². The smallest absolute Gasteiger partial charge is 0.269 e. The number of nitrogens with zero attached hydrogens (tertiary/aromatic N) is 7. The summed E-state index contributed by atoms with van der Waals surface area (Å²) >= 11 is 7.45. The molecule has 3 heterocycles. The van der Waals surface area contributed by atoms with Gasteiger partial charge in [-0.15, -0.1) is 26.9 Å². The second kappa shape index (κ2) is 7.56. The molecule has 2 unspecified atom stereocenters. The van der Waals surface area contributed by atoms with Crippen molar-refractivity contribution < 1.29 is 9.72 Å². The van der Waals surface area contributed by atoms with Crippen molar-refractivity contribution in [1.82, 2.24) is 30.2 Å². The number of carbonyl (C=O) groups is 1. The molecule has 2 aromatic heterocycles. The van der Waals surface area contributed by atoms with Crippen LogP contribution in [0.4, 0.5) is 10.8 Å². The zero-order valence-electron chi connectivity index (χ0n) is 15.6. The van der Waals surface area contributed by atoms with Crippen molar-refractivity contribution in [2.45, 2.75) is 18.0 Å². The summed E-state index contributed by atoms with van der Waals surface area (Å²) in [4.78, 5) is 22.9. The third-order valence-corrected chi connectivity index (χ3v) is 6.08. The fourth-order valence-electron chi connectivity index (χ4n) is 3.35. The monoisotopic (exact) mass is 456 g/mol. The molecule has 11 nitrogen and oxygen atoms in total. The van der Waals surface area contributed by atoms with E-state index in [9.17, 15) is 14.9 Å². The lowest BCUT2D eigenvalue weighted by Gasteiger charge is -2.43. The first-order valence-corrected chi connectivity index (χ1v) is 10.4. The van der Waals surface area contributed by atoms with Crippen LogP contribution < -0.4 is 5.43 Å². The second-order valence-corrected chi connectivity index (χ2v) is 8.29. The topological polar surface area (TPSA) is 132 Å². The van der Waals surface area contributed by atoms with E-state index in [1.165, 1.54) is 28.5 Å². The highest BCUT2D eigenvalue weighted by Gasteiger charge is 2.48. The van der Waals surface area contributed by atoms with Gasteiger partial charge in [-0.2, -0.15) is 0 Å². The van der Waals surface area contributed by atoms with Crippen molar-refractivity contribution in [3.8, 4) is 0 Å². The van der Waals surface area contributed by atoms with Crippen LogP contribution in [0.5, 0.6) is 0 Å². The van der Waals surface area contributed by atoms with E-state index < -0.39 is 16.3 Å².